The molecule has 4 heteroatoms. The van der Waals surface area contributed by atoms with Crippen LogP contribution in [0.4, 0.5) is 0 Å². The Hall–Kier alpha value is -2.69. The smallest absolute Gasteiger partial charge is 0.317 e. The molecule has 3 unspecified atom stereocenters. The van der Waals surface area contributed by atoms with Crippen LogP contribution in [-0.4, -0.2) is 42.2 Å². The normalized spacial score (nSPS) is 20.8. The molecule has 1 aliphatic heterocycles. The molecule has 0 aromatic heterocycles. The molecule has 1 saturated heterocycles. The van der Waals surface area contributed by atoms with Gasteiger partial charge in [0.15, 0.2) is 0 Å². The fourth-order valence-electron chi connectivity index (χ4n) is 4.79. The standard InChI is InChI=1S/C26H30N2O2/c1-19(23-13-7-11-20-10-5-6-12-24(20)23)27-16-22-14-15-28(18-26(29)30)17-25(22)21-8-3-2-4-9-21/h2-13,19,22,25,27H,14-18H2,1H3,(H,29,30). The molecule has 3 aromatic rings. The number of carbonyl (C=O) groups is 1. The zero-order chi connectivity index (χ0) is 20.9. The molecule has 156 valence electrons. The molecule has 0 amide bonds. The number of piperidine rings is 1. The van der Waals surface area contributed by atoms with Gasteiger partial charge in [0.2, 0.25) is 0 Å². The molecule has 4 rings (SSSR count). The van der Waals surface area contributed by atoms with E-state index in [0.717, 1.165) is 26.1 Å². The highest BCUT2D eigenvalue weighted by Gasteiger charge is 2.31. The summed E-state index contributed by atoms with van der Waals surface area (Å²) in [6.45, 7) is 4.91. The first-order valence-electron chi connectivity index (χ1n) is 10.8. The second-order valence-corrected chi connectivity index (χ2v) is 8.39. The van der Waals surface area contributed by atoms with Crippen molar-refractivity contribution in [3.05, 3.63) is 83.9 Å². The number of aliphatic carboxylic acids is 1. The largest absolute Gasteiger partial charge is 0.480 e. The van der Waals surface area contributed by atoms with Crippen LogP contribution in [0.25, 0.3) is 10.8 Å². The van der Waals surface area contributed by atoms with E-state index in [1.54, 1.807) is 0 Å². The lowest BCUT2D eigenvalue weighted by molar-refractivity contribution is -0.138. The third-order valence-corrected chi connectivity index (χ3v) is 6.40. The first kappa shape index (κ1) is 20.6. The van der Waals surface area contributed by atoms with E-state index in [2.05, 4.69) is 83.9 Å². The van der Waals surface area contributed by atoms with Crippen LogP contribution >= 0.6 is 0 Å². The highest BCUT2D eigenvalue weighted by atomic mass is 16.4. The van der Waals surface area contributed by atoms with Crippen molar-refractivity contribution in [1.29, 1.82) is 0 Å². The Morgan fingerprint density at radius 3 is 2.60 bits per heavy atom. The highest BCUT2D eigenvalue weighted by Crippen LogP contribution is 2.33. The van der Waals surface area contributed by atoms with Crippen molar-refractivity contribution in [2.75, 3.05) is 26.2 Å². The third-order valence-electron chi connectivity index (χ3n) is 6.40. The summed E-state index contributed by atoms with van der Waals surface area (Å²) in [6.07, 6.45) is 1.00. The SMILES string of the molecule is CC(NCC1CCN(CC(=O)O)CC1c1ccccc1)c1cccc2ccccc12. The Kier molecular flexibility index (Phi) is 6.46. The molecule has 3 atom stereocenters. The average Bonchev–Trinajstić information content (AvgIpc) is 2.77. The number of carboxylic acids is 1. The van der Waals surface area contributed by atoms with Gasteiger partial charge in [-0.25, -0.2) is 0 Å². The van der Waals surface area contributed by atoms with Crippen molar-refractivity contribution >= 4 is 16.7 Å². The van der Waals surface area contributed by atoms with Gasteiger partial charge in [0.25, 0.3) is 0 Å². The Balaban J connectivity index is 1.48. The molecule has 30 heavy (non-hydrogen) atoms. The summed E-state index contributed by atoms with van der Waals surface area (Å²) in [7, 11) is 0. The molecule has 0 aliphatic carbocycles. The zero-order valence-corrected chi connectivity index (χ0v) is 17.5. The maximum atomic E-state index is 11.2. The lowest BCUT2D eigenvalue weighted by Crippen LogP contribution is -2.44. The number of carboxylic acid groups (broad SMARTS) is 1. The van der Waals surface area contributed by atoms with Crippen LogP contribution in [0.15, 0.2) is 72.8 Å². The first-order chi connectivity index (χ1) is 14.6. The maximum Gasteiger partial charge on any atom is 0.317 e. The maximum absolute atomic E-state index is 11.2. The van der Waals surface area contributed by atoms with Crippen LogP contribution < -0.4 is 5.32 Å². The van der Waals surface area contributed by atoms with Crippen LogP contribution in [0.5, 0.6) is 0 Å². The van der Waals surface area contributed by atoms with E-state index in [1.807, 2.05) is 6.07 Å². The van der Waals surface area contributed by atoms with Crippen molar-refractivity contribution in [3.63, 3.8) is 0 Å². The quantitative estimate of drug-likeness (QED) is 0.602. The van der Waals surface area contributed by atoms with Gasteiger partial charge >= 0.3 is 5.97 Å². The second kappa shape index (κ2) is 9.41. The van der Waals surface area contributed by atoms with E-state index in [-0.39, 0.29) is 12.6 Å². The van der Waals surface area contributed by atoms with Crippen LogP contribution in [0, 0.1) is 5.92 Å². The lowest BCUT2D eigenvalue weighted by Gasteiger charge is -2.39. The molecular weight excluding hydrogens is 372 g/mol. The molecule has 2 N–H and O–H groups in total. The number of fused-ring (bicyclic) bond motifs is 1. The second-order valence-electron chi connectivity index (χ2n) is 8.39. The minimum Gasteiger partial charge on any atom is -0.480 e. The van der Waals surface area contributed by atoms with Gasteiger partial charge in [-0.2, -0.15) is 0 Å². The molecule has 1 aliphatic rings. The first-order valence-corrected chi connectivity index (χ1v) is 10.8. The minimum absolute atomic E-state index is 0.121. The van der Waals surface area contributed by atoms with Gasteiger partial charge in [0.1, 0.15) is 0 Å². The van der Waals surface area contributed by atoms with Crippen molar-refractivity contribution in [1.82, 2.24) is 10.2 Å². The Morgan fingerprint density at radius 2 is 1.80 bits per heavy atom. The predicted molar refractivity (Wildman–Crippen MR) is 122 cm³/mol. The molecule has 0 saturated carbocycles. The third kappa shape index (κ3) is 4.72. The van der Waals surface area contributed by atoms with E-state index >= 15 is 0 Å². The van der Waals surface area contributed by atoms with Gasteiger partial charge in [-0.15, -0.1) is 0 Å². The summed E-state index contributed by atoms with van der Waals surface area (Å²) in [5.74, 6) is 0.0735. The van der Waals surface area contributed by atoms with E-state index in [1.165, 1.54) is 21.9 Å². The van der Waals surface area contributed by atoms with Crippen molar-refractivity contribution in [2.24, 2.45) is 5.92 Å². The van der Waals surface area contributed by atoms with Gasteiger partial charge < -0.3 is 10.4 Å². The summed E-state index contributed by atoms with van der Waals surface area (Å²) in [4.78, 5) is 13.3. The van der Waals surface area contributed by atoms with Crippen molar-refractivity contribution in [2.45, 2.75) is 25.3 Å². The molecule has 0 bridgehead atoms. The predicted octanol–water partition coefficient (Wildman–Crippen LogP) is 4.68. The number of benzene rings is 3. The summed E-state index contributed by atoms with van der Waals surface area (Å²) in [5.41, 5.74) is 2.63. The molecule has 0 radical (unpaired) electrons. The van der Waals surface area contributed by atoms with E-state index in [9.17, 15) is 9.90 Å². The summed E-state index contributed by atoms with van der Waals surface area (Å²) in [5, 5.41) is 15.6. The fraction of sp³-hybridized carbons (Fsp3) is 0.346. The average molecular weight is 403 g/mol. The summed E-state index contributed by atoms with van der Waals surface area (Å²) in [6, 6.07) is 25.8. The van der Waals surface area contributed by atoms with E-state index in [4.69, 9.17) is 0 Å². The zero-order valence-electron chi connectivity index (χ0n) is 17.5. The number of nitrogens with zero attached hydrogens (tertiary/aromatic N) is 1. The molecule has 1 heterocycles. The Morgan fingerprint density at radius 1 is 1.07 bits per heavy atom. The number of likely N-dealkylation sites (tertiary alicyclic amines) is 1. The fourth-order valence-corrected chi connectivity index (χ4v) is 4.79. The topological polar surface area (TPSA) is 52.6 Å². The lowest BCUT2D eigenvalue weighted by atomic mass is 9.80. The molecule has 4 nitrogen and oxygen atoms in total. The van der Waals surface area contributed by atoms with Crippen LogP contribution in [0.1, 0.15) is 36.4 Å². The summed E-state index contributed by atoms with van der Waals surface area (Å²) >= 11 is 0. The van der Waals surface area contributed by atoms with Gasteiger partial charge in [0.05, 0.1) is 6.54 Å². The number of nitrogens with one attached hydrogen (secondary N) is 1. The van der Waals surface area contributed by atoms with Crippen molar-refractivity contribution in [3.8, 4) is 0 Å². The number of hydrogen-bond acceptors (Lipinski definition) is 3. The molecule has 1 fully saturated rings. The van der Waals surface area contributed by atoms with E-state index < -0.39 is 5.97 Å². The Bertz CT molecular complexity index is 983. The molecular formula is C26H30N2O2. The summed E-state index contributed by atoms with van der Waals surface area (Å²) < 4.78 is 0. The molecule has 3 aromatic carbocycles. The minimum atomic E-state index is -0.747. The Labute approximate surface area is 178 Å². The van der Waals surface area contributed by atoms with Crippen LogP contribution in [-0.2, 0) is 4.79 Å². The van der Waals surface area contributed by atoms with Gasteiger partial charge in [-0.3, -0.25) is 9.69 Å². The van der Waals surface area contributed by atoms with Crippen LogP contribution in [0.3, 0.4) is 0 Å². The van der Waals surface area contributed by atoms with E-state index in [0.29, 0.717) is 11.8 Å². The highest BCUT2D eigenvalue weighted by molar-refractivity contribution is 5.86. The van der Waals surface area contributed by atoms with Gasteiger partial charge in [-0.05, 0) is 54.3 Å². The number of hydrogen-bond donors (Lipinski definition) is 2. The van der Waals surface area contributed by atoms with Gasteiger partial charge in [-0.1, -0.05) is 72.8 Å². The monoisotopic (exact) mass is 402 g/mol. The van der Waals surface area contributed by atoms with Crippen molar-refractivity contribution < 1.29 is 9.90 Å². The van der Waals surface area contributed by atoms with Gasteiger partial charge in [0, 0.05) is 18.5 Å². The van der Waals surface area contributed by atoms with Crippen LogP contribution in [0.2, 0.25) is 0 Å². The number of rotatable bonds is 7. The molecule has 0 spiro atoms.